The van der Waals surface area contributed by atoms with Crippen LogP contribution in [0, 0.1) is 6.92 Å². The van der Waals surface area contributed by atoms with Crippen LogP contribution in [0.5, 0.6) is 0 Å². The zero-order chi connectivity index (χ0) is 21.2. The third-order valence-electron chi connectivity index (χ3n) is 4.98. The lowest BCUT2D eigenvalue weighted by Gasteiger charge is -2.16. The molecule has 1 aliphatic rings. The van der Waals surface area contributed by atoms with Crippen LogP contribution < -0.4 is 10.2 Å². The molecular weight excluding hydrogens is 412 g/mol. The maximum absolute atomic E-state index is 12.7. The number of carbonyl (C=O) groups excluding carboxylic acids is 2. The molecule has 3 rings (SSSR count). The third-order valence-corrected chi connectivity index (χ3v) is 6.93. The molecule has 154 valence electrons. The second-order valence-corrected chi connectivity index (χ2v) is 9.56. The smallest absolute Gasteiger partial charge is 0.226 e. The molecule has 6 nitrogen and oxygen atoms in total. The molecule has 29 heavy (non-hydrogen) atoms. The molecule has 0 radical (unpaired) electrons. The zero-order valence-corrected chi connectivity index (χ0v) is 17.9. The molecular formula is C21H23ClN2O4S. The molecule has 1 N–H and O–H groups in total. The van der Waals surface area contributed by atoms with Crippen molar-refractivity contribution in [1.82, 2.24) is 0 Å². The number of amides is 2. The van der Waals surface area contributed by atoms with Gasteiger partial charge >= 0.3 is 0 Å². The van der Waals surface area contributed by atoms with E-state index >= 15 is 0 Å². The molecule has 2 amide bonds. The van der Waals surface area contributed by atoms with E-state index in [4.69, 9.17) is 11.6 Å². The number of rotatable bonds is 6. The zero-order valence-electron chi connectivity index (χ0n) is 16.4. The Morgan fingerprint density at radius 3 is 2.66 bits per heavy atom. The van der Waals surface area contributed by atoms with Gasteiger partial charge in [-0.3, -0.25) is 9.59 Å². The molecule has 0 saturated heterocycles. The van der Waals surface area contributed by atoms with E-state index in [0.717, 1.165) is 16.8 Å². The summed E-state index contributed by atoms with van der Waals surface area (Å²) in [4.78, 5) is 26.1. The number of benzene rings is 2. The van der Waals surface area contributed by atoms with E-state index < -0.39 is 9.84 Å². The molecule has 2 aromatic rings. The van der Waals surface area contributed by atoms with Crippen LogP contribution in [0.2, 0.25) is 5.02 Å². The van der Waals surface area contributed by atoms with Crippen LogP contribution in [0.15, 0.2) is 41.3 Å². The highest BCUT2D eigenvalue weighted by Crippen LogP contribution is 2.31. The molecule has 2 aromatic carbocycles. The lowest BCUT2D eigenvalue weighted by Crippen LogP contribution is -2.27. The van der Waals surface area contributed by atoms with Crippen molar-refractivity contribution in [1.29, 1.82) is 0 Å². The highest BCUT2D eigenvalue weighted by molar-refractivity contribution is 7.91. The SMILES string of the molecule is CCC(=O)N1CCc2cc(S(=O)(=O)CCC(=O)Nc3cc(Cl)ccc3C)ccc21. The summed E-state index contributed by atoms with van der Waals surface area (Å²) in [5.74, 6) is -0.665. The Morgan fingerprint density at radius 1 is 1.17 bits per heavy atom. The van der Waals surface area contributed by atoms with E-state index in [0.29, 0.717) is 30.1 Å². The lowest BCUT2D eigenvalue weighted by molar-refractivity contribution is -0.118. The summed E-state index contributed by atoms with van der Waals surface area (Å²) in [7, 11) is -3.62. The number of fused-ring (bicyclic) bond motifs is 1. The van der Waals surface area contributed by atoms with Gasteiger partial charge in [-0.1, -0.05) is 24.6 Å². The maximum atomic E-state index is 12.7. The topological polar surface area (TPSA) is 83.6 Å². The third kappa shape index (κ3) is 4.79. The number of carbonyl (C=O) groups is 2. The molecule has 0 aliphatic carbocycles. The van der Waals surface area contributed by atoms with Crippen LogP contribution >= 0.6 is 11.6 Å². The van der Waals surface area contributed by atoms with Gasteiger partial charge in [-0.15, -0.1) is 0 Å². The first kappa shape index (κ1) is 21.3. The fourth-order valence-electron chi connectivity index (χ4n) is 3.31. The molecule has 0 aromatic heterocycles. The number of hydrogen-bond acceptors (Lipinski definition) is 4. The van der Waals surface area contributed by atoms with Crippen LogP contribution in [0.3, 0.4) is 0 Å². The Hall–Kier alpha value is -2.38. The summed E-state index contributed by atoms with van der Waals surface area (Å²) in [6.07, 6.45) is 0.867. The van der Waals surface area contributed by atoms with Gasteiger partial charge in [-0.2, -0.15) is 0 Å². The Labute approximate surface area is 175 Å². The van der Waals surface area contributed by atoms with Gasteiger partial charge in [0.15, 0.2) is 9.84 Å². The normalized spacial score (nSPS) is 13.3. The van der Waals surface area contributed by atoms with Crippen molar-refractivity contribution in [2.24, 2.45) is 0 Å². The first-order valence-electron chi connectivity index (χ1n) is 9.43. The predicted octanol–water partition coefficient (Wildman–Crippen LogP) is 3.75. The summed E-state index contributed by atoms with van der Waals surface area (Å²) in [5.41, 5.74) is 3.02. The Balaban J connectivity index is 1.68. The lowest BCUT2D eigenvalue weighted by atomic mass is 10.2. The van der Waals surface area contributed by atoms with Gasteiger partial charge in [0.1, 0.15) is 0 Å². The van der Waals surface area contributed by atoms with Gasteiger partial charge in [0.2, 0.25) is 11.8 Å². The predicted molar refractivity (Wildman–Crippen MR) is 114 cm³/mol. The summed E-state index contributed by atoms with van der Waals surface area (Å²) in [6, 6.07) is 9.94. The average molecular weight is 435 g/mol. The number of anilines is 2. The highest BCUT2D eigenvalue weighted by atomic mass is 35.5. The van der Waals surface area contributed by atoms with Gasteiger partial charge in [-0.25, -0.2) is 8.42 Å². The Kier molecular flexibility index (Phi) is 6.29. The number of hydrogen-bond donors (Lipinski definition) is 1. The van der Waals surface area contributed by atoms with Gasteiger partial charge in [0.05, 0.1) is 10.6 Å². The first-order chi connectivity index (χ1) is 13.7. The van der Waals surface area contributed by atoms with E-state index in [9.17, 15) is 18.0 Å². The molecule has 0 unspecified atom stereocenters. The van der Waals surface area contributed by atoms with E-state index in [-0.39, 0.29) is 28.9 Å². The second kappa shape index (κ2) is 8.55. The van der Waals surface area contributed by atoms with Crippen LogP contribution in [-0.2, 0) is 25.8 Å². The van der Waals surface area contributed by atoms with Crippen molar-refractivity contribution in [2.45, 2.75) is 38.0 Å². The molecule has 8 heteroatoms. The molecule has 0 saturated carbocycles. The molecule has 0 atom stereocenters. The highest BCUT2D eigenvalue weighted by Gasteiger charge is 2.26. The Bertz CT molecular complexity index is 1070. The number of halogens is 1. The van der Waals surface area contributed by atoms with Gasteiger partial charge in [0, 0.05) is 35.8 Å². The largest absolute Gasteiger partial charge is 0.326 e. The minimum atomic E-state index is -3.62. The summed E-state index contributed by atoms with van der Waals surface area (Å²) < 4.78 is 25.4. The number of nitrogens with one attached hydrogen (secondary N) is 1. The van der Waals surface area contributed by atoms with E-state index in [2.05, 4.69) is 5.32 Å². The number of nitrogens with zero attached hydrogens (tertiary/aromatic N) is 1. The van der Waals surface area contributed by atoms with E-state index in [1.165, 1.54) is 6.07 Å². The summed E-state index contributed by atoms with van der Waals surface area (Å²) in [6.45, 7) is 4.20. The summed E-state index contributed by atoms with van der Waals surface area (Å²) in [5, 5.41) is 3.20. The number of sulfone groups is 1. The maximum Gasteiger partial charge on any atom is 0.226 e. The average Bonchev–Trinajstić information content (AvgIpc) is 3.12. The van der Waals surface area contributed by atoms with E-state index in [1.54, 1.807) is 42.2 Å². The van der Waals surface area contributed by atoms with Crippen molar-refractivity contribution in [3.05, 3.63) is 52.5 Å². The molecule has 1 aliphatic heterocycles. The fourth-order valence-corrected chi connectivity index (χ4v) is 4.77. The van der Waals surface area contributed by atoms with Crippen molar-refractivity contribution >= 4 is 44.6 Å². The monoisotopic (exact) mass is 434 g/mol. The van der Waals surface area contributed by atoms with E-state index in [1.807, 2.05) is 6.92 Å². The standard InChI is InChI=1S/C21H23ClN2O4S/c1-3-21(26)24-10-8-15-12-17(6-7-19(15)24)29(27,28)11-9-20(25)23-18-13-16(22)5-4-14(18)2/h4-7,12-13H,3,8-11H2,1-2H3,(H,23,25). The minimum Gasteiger partial charge on any atom is -0.326 e. The fraction of sp³-hybridized carbons (Fsp3) is 0.333. The van der Waals surface area contributed by atoms with Gasteiger partial charge < -0.3 is 10.2 Å². The second-order valence-electron chi connectivity index (χ2n) is 7.02. The van der Waals surface area contributed by atoms with Crippen molar-refractivity contribution in [3.8, 4) is 0 Å². The molecule has 0 bridgehead atoms. The van der Waals surface area contributed by atoms with Crippen molar-refractivity contribution in [2.75, 3.05) is 22.5 Å². The van der Waals surface area contributed by atoms with Crippen LogP contribution in [0.1, 0.15) is 30.9 Å². The van der Waals surface area contributed by atoms with Crippen LogP contribution in [-0.4, -0.2) is 32.5 Å². The first-order valence-corrected chi connectivity index (χ1v) is 11.5. The minimum absolute atomic E-state index is 0.0207. The van der Waals surface area contributed by atoms with Crippen molar-refractivity contribution < 1.29 is 18.0 Å². The van der Waals surface area contributed by atoms with Gasteiger partial charge in [0.25, 0.3) is 0 Å². The Morgan fingerprint density at radius 2 is 1.93 bits per heavy atom. The molecule has 0 spiro atoms. The van der Waals surface area contributed by atoms with Crippen LogP contribution in [0.4, 0.5) is 11.4 Å². The molecule has 1 heterocycles. The summed E-state index contributed by atoms with van der Waals surface area (Å²) >= 11 is 5.94. The van der Waals surface area contributed by atoms with Crippen LogP contribution in [0.25, 0.3) is 0 Å². The number of aryl methyl sites for hydroxylation is 1. The van der Waals surface area contributed by atoms with Crippen molar-refractivity contribution in [3.63, 3.8) is 0 Å². The van der Waals surface area contributed by atoms with Gasteiger partial charge in [-0.05, 0) is 54.8 Å². The molecule has 0 fully saturated rings. The quantitative estimate of drug-likeness (QED) is 0.750.